The summed E-state index contributed by atoms with van der Waals surface area (Å²) in [4.78, 5) is 12.6. The van der Waals surface area contributed by atoms with E-state index in [1.165, 1.54) is 17.3 Å². The molecular weight excluding hydrogens is 356 g/mol. The Hall–Kier alpha value is -2.60. The molecule has 1 N–H and O–H groups in total. The van der Waals surface area contributed by atoms with Crippen molar-refractivity contribution >= 4 is 17.7 Å². The molecule has 3 rings (SSSR count). The molecule has 0 saturated heterocycles. The molecule has 27 heavy (non-hydrogen) atoms. The fraction of sp³-hybridized carbons (Fsp3) is 0.286. The molecule has 0 aliphatic rings. The zero-order valence-electron chi connectivity index (χ0n) is 16.0. The minimum atomic E-state index is -0.287. The first-order chi connectivity index (χ1) is 13.0. The predicted molar refractivity (Wildman–Crippen MR) is 109 cm³/mol. The van der Waals surface area contributed by atoms with Crippen LogP contribution in [0.4, 0.5) is 0 Å². The molecule has 0 spiro atoms. The van der Waals surface area contributed by atoms with Gasteiger partial charge in [-0.25, -0.2) is 0 Å². The normalized spacial score (nSPS) is 13.2. The van der Waals surface area contributed by atoms with Crippen LogP contribution in [-0.4, -0.2) is 25.9 Å². The summed E-state index contributed by atoms with van der Waals surface area (Å²) in [5.41, 5.74) is 4.47. The first-order valence-electron chi connectivity index (χ1n) is 8.95. The predicted octanol–water partition coefficient (Wildman–Crippen LogP) is 4.24. The number of rotatable bonds is 6. The Kier molecular flexibility index (Phi) is 5.96. The molecule has 1 amide bonds. The van der Waals surface area contributed by atoms with Crippen molar-refractivity contribution in [1.82, 2.24) is 20.1 Å². The second-order valence-electron chi connectivity index (χ2n) is 6.67. The molecule has 0 fully saturated rings. The summed E-state index contributed by atoms with van der Waals surface area (Å²) < 4.78 is 1.93. The summed E-state index contributed by atoms with van der Waals surface area (Å²) >= 11 is 1.41. The Morgan fingerprint density at radius 2 is 1.85 bits per heavy atom. The zero-order chi connectivity index (χ0) is 19.4. The minimum absolute atomic E-state index is 0.0217. The third kappa shape index (κ3) is 4.57. The first-order valence-corrected chi connectivity index (χ1v) is 9.83. The second-order valence-corrected chi connectivity index (χ2v) is 7.98. The van der Waals surface area contributed by atoms with Gasteiger partial charge in [0.25, 0.3) is 0 Å². The second kappa shape index (κ2) is 8.39. The molecule has 2 unspecified atom stereocenters. The van der Waals surface area contributed by atoms with Gasteiger partial charge in [0, 0.05) is 0 Å². The molecule has 140 valence electrons. The smallest absolute Gasteiger partial charge is 0.233 e. The Labute approximate surface area is 164 Å². The van der Waals surface area contributed by atoms with E-state index >= 15 is 0 Å². The number of nitrogens with zero attached hydrogens (tertiary/aromatic N) is 3. The highest BCUT2D eigenvalue weighted by molar-refractivity contribution is 8.00. The molecule has 0 radical (unpaired) electrons. The molecule has 2 atom stereocenters. The Balaban J connectivity index is 1.70. The molecule has 0 saturated carbocycles. The van der Waals surface area contributed by atoms with E-state index in [4.69, 9.17) is 0 Å². The number of benzene rings is 2. The number of nitrogens with one attached hydrogen (secondary N) is 1. The molecule has 2 aromatic carbocycles. The molecule has 6 heteroatoms. The monoisotopic (exact) mass is 380 g/mol. The van der Waals surface area contributed by atoms with Crippen molar-refractivity contribution in [3.05, 3.63) is 71.5 Å². The highest BCUT2D eigenvalue weighted by atomic mass is 32.2. The lowest BCUT2D eigenvalue weighted by molar-refractivity contribution is -0.120. The van der Waals surface area contributed by atoms with Crippen molar-refractivity contribution in [2.24, 2.45) is 0 Å². The molecule has 0 aliphatic heterocycles. The van der Waals surface area contributed by atoms with Gasteiger partial charge in [0.2, 0.25) is 5.91 Å². The molecule has 1 aromatic heterocycles. The van der Waals surface area contributed by atoms with E-state index in [-0.39, 0.29) is 17.2 Å². The van der Waals surface area contributed by atoms with Crippen LogP contribution in [0.3, 0.4) is 0 Å². The first kappa shape index (κ1) is 19.2. The molecule has 0 bridgehead atoms. The Bertz CT molecular complexity index is 923. The van der Waals surface area contributed by atoms with Crippen molar-refractivity contribution in [1.29, 1.82) is 0 Å². The van der Waals surface area contributed by atoms with E-state index in [1.807, 2.05) is 48.7 Å². The van der Waals surface area contributed by atoms with Crippen molar-refractivity contribution in [3.8, 4) is 5.69 Å². The van der Waals surface area contributed by atoms with Crippen LogP contribution in [0.1, 0.15) is 36.6 Å². The summed E-state index contributed by atoms with van der Waals surface area (Å²) in [6, 6.07) is 16.1. The Morgan fingerprint density at radius 1 is 1.11 bits per heavy atom. The number of hydrogen-bond donors (Lipinski definition) is 1. The van der Waals surface area contributed by atoms with Crippen molar-refractivity contribution in [2.75, 3.05) is 0 Å². The van der Waals surface area contributed by atoms with Crippen LogP contribution in [-0.2, 0) is 4.79 Å². The highest BCUT2D eigenvalue weighted by Crippen LogP contribution is 2.26. The van der Waals surface area contributed by atoms with E-state index in [2.05, 4.69) is 47.6 Å². The summed E-state index contributed by atoms with van der Waals surface area (Å²) in [6.07, 6.45) is 1.69. The van der Waals surface area contributed by atoms with E-state index in [1.54, 1.807) is 6.33 Å². The van der Waals surface area contributed by atoms with E-state index in [0.29, 0.717) is 5.16 Å². The maximum absolute atomic E-state index is 12.6. The van der Waals surface area contributed by atoms with Crippen LogP contribution < -0.4 is 5.32 Å². The lowest BCUT2D eigenvalue weighted by Gasteiger charge is -2.18. The van der Waals surface area contributed by atoms with Crippen LogP contribution in [0.15, 0.2) is 60.0 Å². The van der Waals surface area contributed by atoms with Crippen LogP contribution >= 0.6 is 11.8 Å². The number of hydrogen-bond acceptors (Lipinski definition) is 4. The number of amides is 1. The lowest BCUT2D eigenvalue weighted by Crippen LogP contribution is -2.33. The van der Waals surface area contributed by atoms with Gasteiger partial charge in [-0.2, -0.15) is 0 Å². The van der Waals surface area contributed by atoms with Gasteiger partial charge in [-0.05, 0) is 44.9 Å². The van der Waals surface area contributed by atoms with Crippen LogP contribution in [0.2, 0.25) is 0 Å². The number of carbonyl (C=O) groups excluding carboxylic acids is 1. The van der Waals surface area contributed by atoms with E-state index in [9.17, 15) is 4.79 Å². The third-order valence-corrected chi connectivity index (χ3v) is 5.49. The minimum Gasteiger partial charge on any atom is -0.349 e. The highest BCUT2D eigenvalue weighted by Gasteiger charge is 2.20. The van der Waals surface area contributed by atoms with Gasteiger partial charge in [-0.15, -0.1) is 10.2 Å². The van der Waals surface area contributed by atoms with Gasteiger partial charge in [0.05, 0.1) is 17.0 Å². The van der Waals surface area contributed by atoms with Crippen molar-refractivity contribution < 1.29 is 4.79 Å². The third-order valence-electron chi connectivity index (χ3n) is 4.44. The number of carbonyl (C=O) groups is 1. The number of thioether (sulfide) groups is 1. The summed E-state index contributed by atoms with van der Waals surface area (Å²) in [5, 5.41) is 11.7. The standard InChI is InChI=1S/C21H24N4OS/c1-14-10-11-19(15(2)12-14)25-13-22-24-21(25)27-17(4)20(26)23-16(3)18-8-6-5-7-9-18/h5-13,16-17H,1-4H3,(H,23,26). The Morgan fingerprint density at radius 3 is 2.56 bits per heavy atom. The molecular formula is C21H24N4OS. The van der Waals surface area contributed by atoms with Gasteiger partial charge < -0.3 is 5.32 Å². The van der Waals surface area contributed by atoms with Crippen molar-refractivity contribution in [2.45, 2.75) is 44.1 Å². The van der Waals surface area contributed by atoms with Crippen molar-refractivity contribution in [3.63, 3.8) is 0 Å². The number of aromatic nitrogens is 3. The van der Waals surface area contributed by atoms with Crippen LogP contribution in [0.5, 0.6) is 0 Å². The maximum atomic E-state index is 12.6. The van der Waals surface area contributed by atoms with E-state index < -0.39 is 0 Å². The summed E-state index contributed by atoms with van der Waals surface area (Å²) in [6.45, 7) is 8.01. The van der Waals surface area contributed by atoms with E-state index in [0.717, 1.165) is 16.8 Å². The zero-order valence-corrected chi connectivity index (χ0v) is 16.8. The average molecular weight is 381 g/mol. The van der Waals surface area contributed by atoms with Crippen LogP contribution in [0.25, 0.3) is 5.69 Å². The topological polar surface area (TPSA) is 59.8 Å². The molecule has 0 aliphatic carbocycles. The summed E-state index contributed by atoms with van der Waals surface area (Å²) in [7, 11) is 0. The molecule has 5 nitrogen and oxygen atoms in total. The fourth-order valence-electron chi connectivity index (χ4n) is 2.91. The fourth-order valence-corrected chi connectivity index (χ4v) is 3.76. The van der Waals surface area contributed by atoms with Gasteiger partial charge in [-0.1, -0.05) is 59.8 Å². The van der Waals surface area contributed by atoms with Gasteiger partial charge in [0.1, 0.15) is 6.33 Å². The van der Waals surface area contributed by atoms with Gasteiger partial charge in [-0.3, -0.25) is 9.36 Å². The molecule has 1 heterocycles. The summed E-state index contributed by atoms with van der Waals surface area (Å²) in [5.74, 6) is -0.0217. The van der Waals surface area contributed by atoms with Gasteiger partial charge in [0.15, 0.2) is 5.16 Å². The lowest BCUT2D eigenvalue weighted by atomic mass is 10.1. The maximum Gasteiger partial charge on any atom is 0.233 e. The molecule has 3 aromatic rings. The quantitative estimate of drug-likeness (QED) is 0.650. The van der Waals surface area contributed by atoms with Gasteiger partial charge >= 0.3 is 0 Å². The SMILES string of the molecule is Cc1ccc(-n2cnnc2SC(C)C(=O)NC(C)c2ccccc2)c(C)c1. The largest absolute Gasteiger partial charge is 0.349 e. The van der Waals surface area contributed by atoms with Crippen LogP contribution in [0, 0.1) is 13.8 Å². The number of aryl methyl sites for hydroxylation is 2. The average Bonchev–Trinajstić information content (AvgIpc) is 3.10.